The van der Waals surface area contributed by atoms with Gasteiger partial charge in [-0.3, -0.25) is 0 Å². The van der Waals surface area contributed by atoms with Gasteiger partial charge in [-0.25, -0.2) is 0 Å². The molecule has 6 heteroatoms. The molecule has 6 nitrogen and oxygen atoms in total. The number of phenolic OH excluding ortho intramolecular Hbond substituents is 1. The molecule has 0 radical (unpaired) electrons. The Morgan fingerprint density at radius 3 is 2.87 bits per heavy atom. The molecule has 15 heavy (non-hydrogen) atoms. The van der Waals surface area contributed by atoms with Crippen molar-refractivity contribution in [3.05, 3.63) is 23.8 Å². The summed E-state index contributed by atoms with van der Waals surface area (Å²) >= 11 is 0. The molecule has 0 saturated carbocycles. The first-order valence-electron chi connectivity index (χ1n) is 4.18. The maximum absolute atomic E-state index is 9.32. The van der Waals surface area contributed by atoms with Gasteiger partial charge in [-0.1, -0.05) is 0 Å². The minimum absolute atomic E-state index is 0.0583. The van der Waals surface area contributed by atoms with Crippen LogP contribution in [0, 0.1) is 0 Å². The SMILES string of the molecule is COc1cc(C=[NH+]N=C(N)N)ccc1O. The summed E-state index contributed by atoms with van der Waals surface area (Å²) in [7, 11) is 1.47. The van der Waals surface area contributed by atoms with Gasteiger partial charge in [-0.05, 0) is 18.2 Å². The van der Waals surface area contributed by atoms with E-state index in [9.17, 15) is 5.11 Å². The lowest BCUT2D eigenvalue weighted by molar-refractivity contribution is -0.456. The summed E-state index contributed by atoms with van der Waals surface area (Å²) < 4.78 is 4.93. The van der Waals surface area contributed by atoms with Gasteiger partial charge in [0.1, 0.15) is 0 Å². The Morgan fingerprint density at radius 1 is 1.53 bits per heavy atom. The van der Waals surface area contributed by atoms with Crippen molar-refractivity contribution in [2.75, 3.05) is 7.11 Å². The van der Waals surface area contributed by atoms with Gasteiger partial charge in [0.15, 0.2) is 11.5 Å². The molecule has 0 bridgehead atoms. The third-order valence-electron chi connectivity index (χ3n) is 1.63. The van der Waals surface area contributed by atoms with E-state index in [4.69, 9.17) is 16.2 Å². The summed E-state index contributed by atoms with van der Waals surface area (Å²) in [5.74, 6) is 0.406. The van der Waals surface area contributed by atoms with Crippen LogP contribution in [0.3, 0.4) is 0 Å². The quantitative estimate of drug-likeness (QED) is 0.264. The largest absolute Gasteiger partial charge is 0.504 e. The lowest BCUT2D eigenvalue weighted by atomic mass is 10.2. The number of methoxy groups -OCH3 is 1. The zero-order chi connectivity index (χ0) is 11.3. The lowest BCUT2D eigenvalue weighted by Gasteiger charge is -2.01. The maximum atomic E-state index is 9.32. The Morgan fingerprint density at radius 2 is 2.27 bits per heavy atom. The van der Waals surface area contributed by atoms with Crippen molar-refractivity contribution in [1.29, 1.82) is 0 Å². The predicted molar refractivity (Wildman–Crippen MR) is 56.6 cm³/mol. The first-order chi connectivity index (χ1) is 7.13. The van der Waals surface area contributed by atoms with Crippen molar-refractivity contribution in [3.63, 3.8) is 0 Å². The first kappa shape index (κ1) is 10.8. The molecular weight excluding hydrogens is 196 g/mol. The van der Waals surface area contributed by atoms with E-state index in [2.05, 4.69) is 10.2 Å². The Labute approximate surface area is 86.9 Å². The molecule has 1 aromatic rings. The minimum Gasteiger partial charge on any atom is -0.504 e. The van der Waals surface area contributed by atoms with Crippen molar-refractivity contribution in [2.24, 2.45) is 16.6 Å². The van der Waals surface area contributed by atoms with E-state index in [1.54, 1.807) is 18.3 Å². The average Bonchev–Trinajstić information content (AvgIpc) is 2.20. The first-order valence-corrected chi connectivity index (χ1v) is 4.18. The van der Waals surface area contributed by atoms with E-state index in [0.717, 1.165) is 5.56 Å². The van der Waals surface area contributed by atoms with Crippen molar-refractivity contribution in [3.8, 4) is 11.5 Å². The molecule has 0 fully saturated rings. The monoisotopic (exact) mass is 209 g/mol. The topological polar surface area (TPSA) is 108 Å². The van der Waals surface area contributed by atoms with Gasteiger partial charge in [0.2, 0.25) is 6.21 Å². The summed E-state index contributed by atoms with van der Waals surface area (Å²) in [5.41, 5.74) is 11.0. The fraction of sp³-hybridized carbons (Fsp3) is 0.111. The Balaban J connectivity index is 2.87. The van der Waals surface area contributed by atoms with Crippen LogP contribution in [0.1, 0.15) is 5.56 Å². The van der Waals surface area contributed by atoms with Crippen LogP contribution in [-0.2, 0) is 0 Å². The second-order valence-electron chi connectivity index (χ2n) is 2.74. The van der Waals surface area contributed by atoms with Gasteiger partial charge in [-0.15, -0.1) is 5.10 Å². The number of hydrogen-bond acceptors (Lipinski definition) is 3. The highest BCUT2D eigenvalue weighted by Gasteiger charge is 2.02. The highest BCUT2D eigenvalue weighted by Crippen LogP contribution is 2.25. The van der Waals surface area contributed by atoms with E-state index in [-0.39, 0.29) is 11.7 Å². The van der Waals surface area contributed by atoms with E-state index in [0.29, 0.717) is 5.75 Å². The number of hydrogen-bond donors (Lipinski definition) is 4. The van der Waals surface area contributed by atoms with Gasteiger partial charge in [0.05, 0.1) is 7.11 Å². The number of nitrogens with zero attached hydrogens (tertiary/aromatic N) is 1. The fourth-order valence-corrected chi connectivity index (χ4v) is 0.965. The highest BCUT2D eigenvalue weighted by atomic mass is 16.5. The number of nitrogens with one attached hydrogen (secondary N) is 1. The molecule has 0 atom stereocenters. The summed E-state index contributed by atoms with van der Waals surface area (Å²) in [4.78, 5) is 0. The van der Waals surface area contributed by atoms with Crippen LogP contribution >= 0.6 is 0 Å². The molecular formula is C9H13N4O2+. The van der Waals surface area contributed by atoms with E-state index >= 15 is 0 Å². The second kappa shape index (κ2) is 4.85. The van der Waals surface area contributed by atoms with Gasteiger partial charge in [0, 0.05) is 10.7 Å². The molecule has 0 unspecified atom stereocenters. The van der Waals surface area contributed by atoms with Crippen molar-refractivity contribution in [2.45, 2.75) is 0 Å². The number of phenols is 1. The van der Waals surface area contributed by atoms with Crippen LogP contribution in [-0.4, -0.2) is 24.4 Å². The lowest BCUT2D eigenvalue weighted by Crippen LogP contribution is -2.63. The number of aromatic hydroxyl groups is 1. The molecule has 1 rings (SSSR count). The van der Waals surface area contributed by atoms with Crippen LogP contribution in [0.25, 0.3) is 0 Å². The maximum Gasteiger partial charge on any atom is 0.256 e. The number of benzene rings is 1. The zero-order valence-corrected chi connectivity index (χ0v) is 8.27. The number of ether oxygens (including phenoxy) is 1. The third kappa shape index (κ3) is 3.18. The molecule has 0 spiro atoms. The van der Waals surface area contributed by atoms with Crippen LogP contribution in [0.4, 0.5) is 0 Å². The Hall–Kier alpha value is -2.24. The van der Waals surface area contributed by atoms with Gasteiger partial charge >= 0.3 is 0 Å². The standard InChI is InChI=1S/C9H12N4O2/c1-15-8-4-6(2-3-7(8)14)5-12-13-9(10)11/h2-5,14H,1H3,(H4,10,11,13)/p+1. The normalized spacial score (nSPS) is 10.2. The Kier molecular flexibility index (Phi) is 3.50. The van der Waals surface area contributed by atoms with Crippen LogP contribution in [0.5, 0.6) is 11.5 Å². The highest BCUT2D eigenvalue weighted by molar-refractivity contribution is 5.77. The van der Waals surface area contributed by atoms with Gasteiger partial charge < -0.3 is 21.3 Å². The van der Waals surface area contributed by atoms with E-state index in [1.165, 1.54) is 13.2 Å². The van der Waals surface area contributed by atoms with E-state index < -0.39 is 0 Å². The van der Waals surface area contributed by atoms with Gasteiger partial charge in [0.25, 0.3) is 5.96 Å². The molecule has 0 amide bonds. The molecule has 0 aromatic heterocycles. The summed E-state index contributed by atoms with van der Waals surface area (Å²) in [6, 6.07) is 4.85. The molecule has 0 aliphatic carbocycles. The van der Waals surface area contributed by atoms with Crippen molar-refractivity contribution < 1.29 is 14.9 Å². The van der Waals surface area contributed by atoms with Crippen LogP contribution in [0.2, 0.25) is 0 Å². The molecule has 1 aromatic carbocycles. The fourth-order valence-electron chi connectivity index (χ4n) is 0.965. The molecule has 0 aliphatic heterocycles. The predicted octanol–water partition coefficient (Wildman–Crippen LogP) is -1.91. The zero-order valence-electron chi connectivity index (χ0n) is 8.27. The molecule has 0 saturated heterocycles. The second-order valence-corrected chi connectivity index (χ2v) is 2.74. The van der Waals surface area contributed by atoms with Gasteiger partial charge in [-0.2, -0.15) is 0 Å². The number of rotatable bonds is 3. The minimum atomic E-state index is -0.0583. The molecule has 0 heterocycles. The van der Waals surface area contributed by atoms with Crippen LogP contribution in [0.15, 0.2) is 23.3 Å². The van der Waals surface area contributed by atoms with Crippen molar-refractivity contribution >= 4 is 12.2 Å². The average molecular weight is 209 g/mol. The van der Waals surface area contributed by atoms with Crippen molar-refractivity contribution in [1.82, 2.24) is 0 Å². The number of nitrogens with two attached hydrogens (primary N) is 2. The summed E-state index contributed by atoms with van der Waals surface area (Å²) in [6.45, 7) is 0. The molecule has 0 aliphatic rings. The Bertz CT molecular complexity index is 397. The van der Waals surface area contributed by atoms with Crippen LogP contribution < -0.4 is 21.3 Å². The number of guanidine groups is 1. The summed E-state index contributed by atoms with van der Waals surface area (Å²) in [5, 5.41) is 15.4. The molecule has 80 valence electrons. The van der Waals surface area contributed by atoms with E-state index in [1.807, 2.05) is 0 Å². The number of hydrazone groups is 1. The third-order valence-corrected chi connectivity index (χ3v) is 1.63. The molecule has 6 N–H and O–H groups in total. The smallest absolute Gasteiger partial charge is 0.256 e. The summed E-state index contributed by atoms with van der Waals surface area (Å²) in [6.07, 6.45) is 1.57.